The average Bonchev–Trinajstić information content (AvgIpc) is 2.28. The summed E-state index contributed by atoms with van der Waals surface area (Å²) in [5, 5.41) is 3.72. The lowest BCUT2D eigenvalue weighted by Crippen LogP contribution is -2.27. The van der Waals surface area contributed by atoms with Crippen molar-refractivity contribution in [3.63, 3.8) is 0 Å². The van der Waals surface area contributed by atoms with Crippen molar-refractivity contribution in [2.24, 2.45) is 5.92 Å². The lowest BCUT2D eigenvalue weighted by molar-refractivity contribution is -0.121. The number of pyridine rings is 1. The third-order valence-corrected chi connectivity index (χ3v) is 2.81. The Kier molecular flexibility index (Phi) is 5.43. The molecule has 1 rings (SSSR count). The van der Waals surface area contributed by atoms with Crippen LogP contribution in [0.2, 0.25) is 5.02 Å². The fraction of sp³-hybridized carbons (Fsp3) is 0.500. The lowest BCUT2D eigenvalue weighted by Gasteiger charge is -2.11. The molecule has 0 aliphatic rings. The number of halogens is 1. The molecule has 1 aromatic heterocycles. The molecule has 1 heterocycles. The molecule has 1 N–H and O–H groups in total. The number of nitrogens with one attached hydrogen (secondary N) is 1. The maximum atomic E-state index is 11.9. The third-order valence-electron chi connectivity index (χ3n) is 2.47. The Balaban J connectivity index is 2.54. The maximum absolute atomic E-state index is 11.9. The van der Waals surface area contributed by atoms with Crippen LogP contribution in [0.3, 0.4) is 0 Å². The molecule has 0 aliphatic carbocycles. The Morgan fingerprint density at radius 1 is 1.62 bits per heavy atom. The van der Waals surface area contributed by atoms with Crippen molar-refractivity contribution in [1.82, 2.24) is 10.3 Å². The van der Waals surface area contributed by atoms with E-state index in [-0.39, 0.29) is 11.7 Å². The van der Waals surface area contributed by atoms with Gasteiger partial charge in [-0.05, 0) is 18.2 Å². The predicted molar refractivity (Wildman–Crippen MR) is 65.7 cm³/mol. The molecule has 0 saturated heterocycles. The van der Waals surface area contributed by atoms with Crippen LogP contribution in [-0.2, 0) is 11.2 Å². The van der Waals surface area contributed by atoms with Gasteiger partial charge in [0.2, 0.25) is 0 Å². The first-order valence-electron chi connectivity index (χ1n) is 5.47. The number of nitrogens with zero attached hydrogens (tertiary/aromatic N) is 1. The number of ketones is 1. The minimum atomic E-state index is 0.0178. The van der Waals surface area contributed by atoms with Crippen molar-refractivity contribution in [3.8, 4) is 0 Å². The fourth-order valence-electron chi connectivity index (χ4n) is 1.38. The second kappa shape index (κ2) is 6.61. The highest BCUT2D eigenvalue weighted by Crippen LogP contribution is 2.15. The zero-order valence-corrected chi connectivity index (χ0v) is 10.4. The second-order valence-electron chi connectivity index (χ2n) is 3.82. The molecular formula is C12H17ClN2O. The summed E-state index contributed by atoms with van der Waals surface area (Å²) >= 11 is 5.95. The first-order chi connectivity index (χ1) is 7.65. The van der Waals surface area contributed by atoms with Crippen LogP contribution in [-0.4, -0.2) is 23.9 Å². The molecule has 0 spiro atoms. The second-order valence-corrected chi connectivity index (χ2v) is 4.23. The molecule has 0 saturated carbocycles. The maximum Gasteiger partial charge on any atom is 0.141 e. The Hall–Kier alpha value is -0.930. The zero-order valence-electron chi connectivity index (χ0n) is 9.66. The smallest absolute Gasteiger partial charge is 0.141 e. The quantitative estimate of drug-likeness (QED) is 0.828. The molecule has 0 fully saturated rings. The first kappa shape index (κ1) is 13.1. The van der Waals surface area contributed by atoms with Crippen molar-refractivity contribution in [2.75, 3.05) is 13.1 Å². The highest BCUT2D eigenvalue weighted by atomic mass is 35.5. The topological polar surface area (TPSA) is 42.0 Å². The third kappa shape index (κ3) is 3.91. The Morgan fingerprint density at radius 3 is 3.00 bits per heavy atom. The molecule has 1 unspecified atom stereocenters. The van der Waals surface area contributed by atoms with Gasteiger partial charge in [-0.1, -0.05) is 25.4 Å². The van der Waals surface area contributed by atoms with Gasteiger partial charge in [0.25, 0.3) is 0 Å². The molecule has 4 heteroatoms. The first-order valence-corrected chi connectivity index (χ1v) is 5.84. The predicted octanol–water partition coefficient (Wildman–Crippen LogP) is 2.09. The van der Waals surface area contributed by atoms with Crippen molar-refractivity contribution < 1.29 is 4.79 Å². The summed E-state index contributed by atoms with van der Waals surface area (Å²) in [6.45, 7) is 5.56. The summed E-state index contributed by atoms with van der Waals surface area (Å²) in [4.78, 5) is 15.7. The Bertz CT molecular complexity index is 355. The minimum Gasteiger partial charge on any atom is -0.316 e. The van der Waals surface area contributed by atoms with Gasteiger partial charge < -0.3 is 5.32 Å². The van der Waals surface area contributed by atoms with Crippen LogP contribution in [0.1, 0.15) is 19.4 Å². The summed E-state index contributed by atoms with van der Waals surface area (Å²) in [6.07, 6.45) is 3.61. The lowest BCUT2D eigenvalue weighted by atomic mass is 10.00. The van der Waals surface area contributed by atoms with E-state index in [4.69, 9.17) is 11.6 Å². The highest BCUT2D eigenvalue weighted by molar-refractivity contribution is 6.31. The normalized spacial score (nSPS) is 12.4. The van der Waals surface area contributed by atoms with Gasteiger partial charge in [-0.25, -0.2) is 0 Å². The van der Waals surface area contributed by atoms with Gasteiger partial charge in [-0.3, -0.25) is 9.78 Å². The molecule has 3 nitrogen and oxygen atoms in total. The molecule has 0 aliphatic heterocycles. The molecule has 16 heavy (non-hydrogen) atoms. The fourth-order valence-corrected chi connectivity index (χ4v) is 1.57. The number of carbonyl (C=O) groups is 1. The van der Waals surface area contributed by atoms with Crippen LogP contribution >= 0.6 is 11.6 Å². The highest BCUT2D eigenvalue weighted by Gasteiger charge is 2.14. The van der Waals surface area contributed by atoms with Gasteiger partial charge in [-0.15, -0.1) is 0 Å². The van der Waals surface area contributed by atoms with E-state index in [0.29, 0.717) is 11.4 Å². The van der Waals surface area contributed by atoms with Gasteiger partial charge >= 0.3 is 0 Å². The molecule has 0 radical (unpaired) electrons. The van der Waals surface area contributed by atoms with Crippen LogP contribution in [0.4, 0.5) is 0 Å². The van der Waals surface area contributed by atoms with Crippen LogP contribution in [0.15, 0.2) is 18.5 Å². The standard InChI is InChI=1S/C12H17ClN2O/c1-3-14-7-9(2)12(16)6-10-4-5-15-8-11(10)13/h4-5,8-9,14H,3,6-7H2,1-2H3. The Morgan fingerprint density at radius 2 is 2.38 bits per heavy atom. The van der Waals surface area contributed by atoms with E-state index in [1.807, 2.05) is 13.8 Å². The minimum absolute atomic E-state index is 0.0178. The van der Waals surface area contributed by atoms with Gasteiger partial charge in [0.15, 0.2) is 0 Å². The van der Waals surface area contributed by atoms with E-state index in [2.05, 4.69) is 10.3 Å². The molecule has 1 aromatic rings. The van der Waals surface area contributed by atoms with Gasteiger partial charge in [-0.2, -0.15) is 0 Å². The number of hydrogen-bond donors (Lipinski definition) is 1. The van der Waals surface area contributed by atoms with Crippen LogP contribution in [0.25, 0.3) is 0 Å². The largest absolute Gasteiger partial charge is 0.316 e. The SMILES string of the molecule is CCNCC(C)C(=O)Cc1ccncc1Cl. The van der Waals surface area contributed by atoms with E-state index in [9.17, 15) is 4.79 Å². The molecular weight excluding hydrogens is 224 g/mol. The summed E-state index contributed by atoms with van der Waals surface area (Å²) in [6, 6.07) is 1.79. The van der Waals surface area contributed by atoms with Gasteiger partial charge in [0.1, 0.15) is 5.78 Å². The molecule has 0 amide bonds. The zero-order chi connectivity index (χ0) is 12.0. The summed E-state index contributed by atoms with van der Waals surface area (Å²) in [7, 11) is 0. The molecule has 88 valence electrons. The number of rotatable bonds is 6. The summed E-state index contributed by atoms with van der Waals surface area (Å²) in [5.74, 6) is 0.221. The van der Waals surface area contributed by atoms with Crippen LogP contribution in [0.5, 0.6) is 0 Å². The number of Topliss-reactive ketones (excluding diaryl/α,β-unsaturated/α-hetero) is 1. The van der Waals surface area contributed by atoms with Crippen LogP contribution < -0.4 is 5.32 Å². The average molecular weight is 241 g/mol. The van der Waals surface area contributed by atoms with Crippen molar-refractivity contribution in [1.29, 1.82) is 0 Å². The summed E-state index contributed by atoms with van der Waals surface area (Å²) < 4.78 is 0. The molecule has 0 bridgehead atoms. The van der Waals surface area contributed by atoms with Gasteiger partial charge in [0, 0.05) is 31.3 Å². The Labute approximate surface area is 101 Å². The van der Waals surface area contributed by atoms with E-state index in [1.54, 1.807) is 18.5 Å². The monoisotopic (exact) mass is 240 g/mol. The van der Waals surface area contributed by atoms with E-state index in [1.165, 1.54) is 0 Å². The van der Waals surface area contributed by atoms with E-state index in [0.717, 1.165) is 18.7 Å². The van der Waals surface area contributed by atoms with Crippen molar-refractivity contribution >= 4 is 17.4 Å². The number of hydrogen-bond acceptors (Lipinski definition) is 3. The molecule has 1 atom stereocenters. The van der Waals surface area contributed by atoms with Gasteiger partial charge in [0.05, 0.1) is 5.02 Å². The van der Waals surface area contributed by atoms with Crippen LogP contribution in [0, 0.1) is 5.92 Å². The van der Waals surface area contributed by atoms with Crippen molar-refractivity contribution in [2.45, 2.75) is 20.3 Å². The van der Waals surface area contributed by atoms with E-state index < -0.39 is 0 Å². The van der Waals surface area contributed by atoms with Crippen molar-refractivity contribution in [3.05, 3.63) is 29.0 Å². The van der Waals surface area contributed by atoms with E-state index >= 15 is 0 Å². The number of aromatic nitrogens is 1. The number of carbonyl (C=O) groups excluding carboxylic acids is 1. The molecule has 0 aromatic carbocycles. The summed E-state index contributed by atoms with van der Waals surface area (Å²) in [5.41, 5.74) is 0.852.